The lowest BCUT2D eigenvalue weighted by Gasteiger charge is -2.16. The normalized spacial score (nSPS) is 12.7. The molecule has 162 valence electrons. The Bertz CT molecular complexity index is 1360. The van der Waals surface area contributed by atoms with Gasteiger partial charge in [0.1, 0.15) is 13.2 Å². The molecule has 0 N–H and O–H groups in total. The Morgan fingerprint density at radius 1 is 0.781 bits per heavy atom. The van der Waals surface area contributed by atoms with Gasteiger partial charge in [-0.15, -0.1) is 0 Å². The number of halogens is 2. The maximum Gasteiger partial charge on any atom is 0.339 e. The van der Waals surface area contributed by atoms with Crippen LogP contribution < -0.4 is 15.1 Å². The van der Waals surface area contributed by atoms with Gasteiger partial charge in [-0.2, -0.15) is 0 Å². The lowest BCUT2D eigenvalue weighted by atomic mass is 10.1. The summed E-state index contributed by atoms with van der Waals surface area (Å²) in [5, 5.41) is 2.11. The molecule has 4 aromatic rings. The van der Waals surface area contributed by atoms with E-state index < -0.39 is 0 Å². The average Bonchev–Trinajstić information content (AvgIpc) is 3.29. The summed E-state index contributed by atoms with van der Waals surface area (Å²) in [7, 11) is 0. The van der Waals surface area contributed by atoms with Crippen LogP contribution in [-0.4, -0.2) is 0 Å². The third kappa shape index (κ3) is 3.96. The molecule has 6 heteroatoms. The summed E-state index contributed by atoms with van der Waals surface area (Å²) in [6.45, 7) is 0.463. The van der Waals surface area contributed by atoms with Crippen LogP contribution >= 0.6 is 23.2 Å². The maximum absolute atomic E-state index is 12.6. The molecule has 3 aromatic carbocycles. The zero-order valence-corrected chi connectivity index (χ0v) is 18.7. The fraction of sp³-hybridized carbons (Fsp3) is 0.192. The monoisotopic (exact) mass is 466 g/mol. The fourth-order valence-electron chi connectivity index (χ4n) is 4.09. The average molecular weight is 467 g/mol. The molecular formula is C26H20Cl2O4. The van der Waals surface area contributed by atoms with Crippen LogP contribution in [0, 0.1) is 0 Å². The van der Waals surface area contributed by atoms with E-state index in [9.17, 15) is 4.79 Å². The second kappa shape index (κ2) is 8.89. The van der Waals surface area contributed by atoms with Crippen LogP contribution in [0.3, 0.4) is 0 Å². The molecule has 32 heavy (non-hydrogen) atoms. The lowest BCUT2D eigenvalue weighted by Crippen LogP contribution is -2.08. The van der Waals surface area contributed by atoms with Crippen LogP contribution in [0.5, 0.6) is 11.5 Å². The molecule has 0 fully saturated rings. The Morgan fingerprint density at radius 3 is 2.09 bits per heavy atom. The van der Waals surface area contributed by atoms with Crippen molar-refractivity contribution in [2.24, 2.45) is 0 Å². The smallest absolute Gasteiger partial charge is 0.339 e. The first kappa shape index (κ1) is 20.9. The highest BCUT2D eigenvalue weighted by molar-refractivity contribution is 6.31. The van der Waals surface area contributed by atoms with Crippen molar-refractivity contribution in [3.63, 3.8) is 0 Å². The number of fused-ring (bicyclic) bond motifs is 3. The molecular weight excluding hydrogens is 447 g/mol. The summed E-state index contributed by atoms with van der Waals surface area (Å²) in [4.78, 5) is 12.6. The molecule has 1 aliphatic carbocycles. The van der Waals surface area contributed by atoms with Crippen molar-refractivity contribution in [1.82, 2.24) is 0 Å². The highest BCUT2D eigenvalue weighted by Gasteiger charge is 2.23. The van der Waals surface area contributed by atoms with Crippen molar-refractivity contribution in [3.05, 3.63) is 103 Å². The van der Waals surface area contributed by atoms with Gasteiger partial charge in [0, 0.05) is 32.1 Å². The van der Waals surface area contributed by atoms with Crippen molar-refractivity contribution in [3.8, 4) is 11.5 Å². The zero-order chi connectivity index (χ0) is 22.1. The Morgan fingerprint density at radius 2 is 1.41 bits per heavy atom. The highest BCUT2D eigenvalue weighted by atomic mass is 35.5. The number of ether oxygens (including phenoxy) is 2. The van der Waals surface area contributed by atoms with Gasteiger partial charge in [0.15, 0.2) is 11.3 Å². The second-order valence-corrected chi connectivity index (χ2v) is 8.54. The molecule has 4 nitrogen and oxygen atoms in total. The molecule has 0 saturated carbocycles. The minimum atomic E-state index is -0.309. The third-order valence-electron chi connectivity index (χ3n) is 5.73. The SMILES string of the molecule is O=c1oc2c(OCc3ccccc3Cl)c(OCc3ccccc3Cl)ccc2c2c1CCC2. The van der Waals surface area contributed by atoms with E-state index >= 15 is 0 Å². The van der Waals surface area contributed by atoms with E-state index in [0.29, 0.717) is 27.1 Å². The Labute approximate surface area is 195 Å². The number of hydrogen-bond acceptors (Lipinski definition) is 4. The molecule has 0 amide bonds. The van der Waals surface area contributed by atoms with E-state index in [1.807, 2.05) is 60.7 Å². The summed E-state index contributed by atoms with van der Waals surface area (Å²) in [6.07, 6.45) is 2.54. The predicted molar refractivity (Wildman–Crippen MR) is 126 cm³/mol. The predicted octanol–water partition coefficient (Wildman–Crippen LogP) is 6.75. The molecule has 0 spiro atoms. The van der Waals surface area contributed by atoms with Crippen LogP contribution in [0.4, 0.5) is 0 Å². The minimum Gasteiger partial charge on any atom is -0.485 e. The van der Waals surface area contributed by atoms with Gasteiger partial charge in [-0.3, -0.25) is 0 Å². The zero-order valence-electron chi connectivity index (χ0n) is 17.2. The first-order chi connectivity index (χ1) is 15.6. The van der Waals surface area contributed by atoms with Crippen molar-refractivity contribution >= 4 is 34.2 Å². The summed E-state index contributed by atoms with van der Waals surface area (Å²) >= 11 is 12.6. The van der Waals surface area contributed by atoms with E-state index in [2.05, 4.69) is 0 Å². The lowest BCUT2D eigenvalue weighted by molar-refractivity contribution is 0.255. The van der Waals surface area contributed by atoms with Gasteiger partial charge < -0.3 is 13.9 Å². The van der Waals surface area contributed by atoms with E-state index in [0.717, 1.165) is 46.9 Å². The molecule has 0 aliphatic heterocycles. The number of rotatable bonds is 6. The van der Waals surface area contributed by atoms with Gasteiger partial charge in [-0.05, 0) is 49.1 Å². The van der Waals surface area contributed by atoms with Gasteiger partial charge in [-0.1, -0.05) is 59.6 Å². The molecule has 0 radical (unpaired) electrons. The topological polar surface area (TPSA) is 48.7 Å². The summed E-state index contributed by atoms with van der Waals surface area (Å²) in [5.41, 5.74) is 3.57. The van der Waals surface area contributed by atoms with Gasteiger partial charge in [-0.25, -0.2) is 4.79 Å². The van der Waals surface area contributed by atoms with Crippen LogP contribution in [0.25, 0.3) is 11.0 Å². The van der Waals surface area contributed by atoms with Gasteiger partial charge in [0.05, 0.1) is 0 Å². The number of hydrogen-bond donors (Lipinski definition) is 0. The fourth-order valence-corrected chi connectivity index (χ4v) is 4.47. The van der Waals surface area contributed by atoms with Crippen molar-refractivity contribution in [1.29, 1.82) is 0 Å². The van der Waals surface area contributed by atoms with Crippen molar-refractivity contribution in [2.45, 2.75) is 32.5 Å². The molecule has 0 unspecified atom stereocenters. The minimum absolute atomic E-state index is 0.210. The molecule has 1 aromatic heterocycles. The van der Waals surface area contributed by atoms with Gasteiger partial charge in [0.2, 0.25) is 5.75 Å². The van der Waals surface area contributed by atoms with Crippen molar-refractivity contribution < 1.29 is 13.9 Å². The number of benzene rings is 3. The Hall–Kier alpha value is -2.95. The van der Waals surface area contributed by atoms with E-state index in [4.69, 9.17) is 37.1 Å². The highest BCUT2D eigenvalue weighted by Crippen LogP contribution is 2.40. The van der Waals surface area contributed by atoms with Crippen molar-refractivity contribution in [2.75, 3.05) is 0 Å². The van der Waals surface area contributed by atoms with E-state index in [1.165, 1.54) is 0 Å². The third-order valence-corrected chi connectivity index (χ3v) is 6.47. The molecule has 0 atom stereocenters. The maximum atomic E-state index is 12.6. The van der Waals surface area contributed by atoms with Crippen LogP contribution in [0.15, 0.2) is 69.9 Å². The molecule has 1 aliphatic rings. The molecule has 0 bridgehead atoms. The summed E-state index contributed by atoms with van der Waals surface area (Å²) in [5.74, 6) is 0.867. The molecule has 1 heterocycles. The summed E-state index contributed by atoms with van der Waals surface area (Å²) in [6, 6.07) is 18.8. The standard InChI is InChI=1S/C26H20Cl2O4/c27-21-10-3-1-6-16(21)14-30-23-13-12-19-18-8-5-9-20(18)26(29)32-24(19)25(23)31-15-17-7-2-4-11-22(17)28/h1-4,6-7,10-13H,5,8-9,14-15H2. The van der Waals surface area contributed by atoms with Crippen LogP contribution in [-0.2, 0) is 26.1 Å². The number of aryl methyl sites for hydroxylation is 1. The second-order valence-electron chi connectivity index (χ2n) is 7.73. The Kier molecular flexibility index (Phi) is 5.81. The molecule has 0 saturated heterocycles. The van der Waals surface area contributed by atoms with E-state index in [-0.39, 0.29) is 18.8 Å². The van der Waals surface area contributed by atoms with E-state index in [1.54, 1.807) is 0 Å². The van der Waals surface area contributed by atoms with Crippen LogP contribution in [0.1, 0.15) is 28.7 Å². The quantitative estimate of drug-likeness (QED) is 0.295. The largest absolute Gasteiger partial charge is 0.485 e. The Balaban J connectivity index is 1.56. The van der Waals surface area contributed by atoms with Gasteiger partial charge >= 0.3 is 5.63 Å². The van der Waals surface area contributed by atoms with Crippen LogP contribution in [0.2, 0.25) is 10.0 Å². The van der Waals surface area contributed by atoms with Gasteiger partial charge in [0.25, 0.3) is 0 Å². The first-order valence-corrected chi connectivity index (χ1v) is 11.2. The molecule has 5 rings (SSSR count). The summed E-state index contributed by atoms with van der Waals surface area (Å²) < 4.78 is 18.0. The first-order valence-electron chi connectivity index (χ1n) is 10.5.